The van der Waals surface area contributed by atoms with Gasteiger partial charge in [-0.05, 0) is 66.6 Å². The number of halogens is 2. The second kappa shape index (κ2) is 15.2. The van der Waals surface area contributed by atoms with E-state index in [0.29, 0.717) is 55.0 Å². The number of aliphatic hydroxyl groups is 1. The number of ether oxygens (including phenoxy) is 4. The maximum atomic E-state index is 13.1. The zero-order valence-corrected chi connectivity index (χ0v) is 21.3. The minimum atomic E-state index is -3.28. The summed E-state index contributed by atoms with van der Waals surface area (Å²) in [5.74, 6) is 0.228. The third-order valence-corrected chi connectivity index (χ3v) is 5.59. The summed E-state index contributed by atoms with van der Waals surface area (Å²) in [5, 5.41) is 8.22. The average Bonchev–Trinajstić information content (AvgIpc) is 3.63. The third-order valence-electron chi connectivity index (χ3n) is 4.35. The summed E-state index contributed by atoms with van der Waals surface area (Å²) < 4.78 is 59.7. The van der Waals surface area contributed by atoms with Crippen LogP contribution in [-0.2, 0) is 28.5 Å². The van der Waals surface area contributed by atoms with Crippen molar-refractivity contribution >= 4 is 26.0 Å². The quantitative estimate of drug-likeness (QED) is 0.291. The Labute approximate surface area is 203 Å². The molecule has 33 heavy (non-hydrogen) atoms. The van der Waals surface area contributed by atoms with Crippen LogP contribution in [0.5, 0.6) is 5.75 Å². The molecule has 3 aliphatic carbocycles. The molecule has 0 bridgehead atoms. The van der Waals surface area contributed by atoms with E-state index in [1.165, 1.54) is 18.9 Å². The van der Waals surface area contributed by atoms with E-state index in [9.17, 15) is 12.8 Å². The van der Waals surface area contributed by atoms with E-state index in [-0.39, 0.29) is 19.0 Å². The summed E-state index contributed by atoms with van der Waals surface area (Å²) in [6, 6.07) is 4.72. The van der Waals surface area contributed by atoms with Crippen molar-refractivity contribution in [2.75, 3.05) is 45.9 Å². The number of benzene rings is 1. The van der Waals surface area contributed by atoms with E-state index in [1.807, 2.05) is 0 Å². The highest BCUT2D eigenvalue weighted by molar-refractivity contribution is 9.10. The standard InChI is InChI=1S/C11H12BrFO2.C6H12O4S.C5H10O2/c12-10-4-3-9(7-11(10)13)15-6-5-14-8-1-2-8;1-11(7,8)10-5-4-9-6-2-3-6;6-3-4-7-5-1-2-5/h3-4,7-8H,1-2,5-6H2;6H,2-5H2,1H3;5-6H,1-4H2. The second-order valence-electron chi connectivity index (χ2n) is 7.88. The van der Waals surface area contributed by atoms with Crippen LogP contribution in [0.1, 0.15) is 38.5 Å². The first kappa shape index (κ1) is 28.4. The monoisotopic (exact) mass is 556 g/mol. The third kappa shape index (κ3) is 16.4. The summed E-state index contributed by atoms with van der Waals surface area (Å²) in [5.41, 5.74) is 0. The molecule has 4 rings (SSSR count). The van der Waals surface area contributed by atoms with Gasteiger partial charge < -0.3 is 24.1 Å². The van der Waals surface area contributed by atoms with Crippen molar-refractivity contribution in [1.29, 1.82) is 0 Å². The van der Waals surface area contributed by atoms with Gasteiger partial charge >= 0.3 is 0 Å². The summed E-state index contributed by atoms with van der Waals surface area (Å²) in [6.45, 7) is 2.23. The van der Waals surface area contributed by atoms with Gasteiger partial charge in [0.2, 0.25) is 0 Å². The molecule has 3 saturated carbocycles. The van der Waals surface area contributed by atoms with Gasteiger partial charge in [-0.25, -0.2) is 4.39 Å². The van der Waals surface area contributed by atoms with Crippen molar-refractivity contribution in [3.8, 4) is 5.75 Å². The Hall–Kier alpha value is -0.820. The molecule has 0 aromatic heterocycles. The molecular weight excluding hydrogens is 523 g/mol. The molecule has 3 aliphatic rings. The highest BCUT2D eigenvalue weighted by Crippen LogP contribution is 2.24. The molecule has 0 heterocycles. The molecule has 0 radical (unpaired) electrons. The highest BCUT2D eigenvalue weighted by atomic mass is 79.9. The SMILES string of the molecule is CS(=O)(=O)OCCOC1CC1.Fc1cc(OCCOC2CC2)ccc1Br.OCCOC1CC1. The summed E-state index contributed by atoms with van der Waals surface area (Å²) in [4.78, 5) is 0. The zero-order chi connectivity index (χ0) is 24.1. The van der Waals surface area contributed by atoms with Crippen LogP contribution in [0.4, 0.5) is 4.39 Å². The first-order chi connectivity index (χ1) is 15.8. The molecule has 0 aliphatic heterocycles. The van der Waals surface area contributed by atoms with Crippen LogP contribution >= 0.6 is 15.9 Å². The molecule has 0 unspecified atom stereocenters. The lowest BCUT2D eigenvalue weighted by molar-refractivity contribution is 0.0808. The summed E-state index contributed by atoms with van der Waals surface area (Å²) in [7, 11) is -3.28. The molecule has 3 fully saturated rings. The lowest BCUT2D eigenvalue weighted by Crippen LogP contribution is -2.10. The summed E-state index contributed by atoms with van der Waals surface area (Å²) in [6.07, 6.45) is 9.22. The minimum absolute atomic E-state index is 0.134. The number of aliphatic hydroxyl groups excluding tert-OH is 1. The Morgan fingerprint density at radius 1 is 0.909 bits per heavy atom. The molecule has 0 amide bonds. The van der Waals surface area contributed by atoms with E-state index in [0.717, 1.165) is 31.9 Å². The molecule has 0 saturated heterocycles. The topological polar surface area (TPSA) is 101 Å². The van der Waals surface area contributed by atoms with E-state index < -0.39 is 10.1 Å². The predicted molar refractivity (Wildman–Crippen MR) is 124 cm³/mol. The lowest BCUT2D eigenvalue weighted by Gasteiger charge is -2.06. The number of hydrogen-bond acceptors (Lipinski definition) is 8. The van der Waals surface area contributed by atoms with Crippen molar-refractivity contribution in [2.45, 2.75) is 56.8 Å². The second-order valence-corrected chi connectivity index (χ2v) is 10.4. The largest absolute Gasteiger partial charge is 0.491 e. The molecule has 1 N–H and O–H groups in total. The first-order valence-corrected chi connectivity index (χ1v) is 13.8. The van der Waals surface area contributed by atoms with Gasteiger partial charge in [0, 0.05) is 6.07 Å². The van der Waals surface area contributed by atoms with E-state index in [2.05, 4.69) is 20.1 Å². The molecule has 8 nitrogen and oxygen atoms in total. The van der Waals surface area contributed by atoms with Crippen LogP contribution in [0, 0.1) is 5.82 Å². The lowest BCUT2D eigenvalue weighted by atomic mass is 10.3. The molecule has 0 atom stereocenters. The molecule has 1 aromatic carbocycles. The Balaban J connectivity index is 0.000000188. The zero-order valence-electron chi connectivity index (χ0n) is 18.9. The smallest absolute Gasteiger partial charge is 0.264 e. The molecule has 0 spiro atoms. The molecule has 1 aromatic rings. The number of rotatable bonds is 13. The highest BCUT2D eigenvalue weighted by Gasteiger charge is 2.22. The van der Waals surface area contributed by atoms with Gasteiger partial charge in [0.05, 0.1) is 62.1 Å². The Bertz CT molecular complexity index is 783. The first-order valence-electron chi connectivity index (χ1n) is 11.1. The minimum Gasteiger partial charge on any atom is -0.491 e. The van der Waals surface area contributed by atoms with Gasteiger partial charge in [-0.15, -0.1) is 0 Å². The van der Waals surface area contributed by atoms with E-state index in [1.54, 1.807) is 12.1 Å². The molecule has 190 valence electrons. The van der Waals surface area contributed by atoms with Crippen molar-refractivity contribution in [2.24, 2.45) is 0 Å². The van der Waals surface area contributed by atoms with Crippen LogP contribution in [0.25, 0.3) is 0 Å². The van der Waals surface area contributed by atoms with Gasteiger partial charge in [-0.3, -0.25) is 4.18 Å². The van der Waals surface area contributed by atoms with E-state index >= 15 is 0 Å². The van der Waals surface area contributed by atoms with Crippen molar-refractivity contribution in [3.05, 3.63) is 28.5 Å². The van der Waals surface area contributed by atoms with Crippen LogP contribution in [0.2, 0.25) is 0 Å². The number of hydrogen-bond donors (Lipinski definition) is 1. The van der Waals surface area contributed by atoms with Crippen LogP contribution in [0.3, 0.4) is 0 Å². The van der Waals surface area contributed by atoms with Gasteiger partial charge in [0.25, 0.3) is 10.1 Å². The van der Waals surface area contributed by atoms with Crippen LogP contribution in [0.15, 0.2) is 22.7 Å². The van der Waals surface area contributed by atoms with Crippen LogP contribution < -0.4 is 4.74 Å². The fourth-order valence-electron chi connectivity index (χ4n) is 2.26. The fourth-order valence-corrected chi connectivity index (χ4v) is 2.88. The van der Waals surface area contributed by atoms with E-state index in [4.69, 9.17) is 24.1 Å². The normalized spacial score (nSPS) is 17.5. The average molecular weight is 557 g/mol. The predicted octanol–water partition coefficient (Wildman–Crippen LogP) is 3.45. The molecular formula is C22H34BrFO8S. The fraction of sp³-hybridized carbons (Fsp3) is 0.727. The molecule has 11 heteroatoms. The van der Waals surface area contributed by atoms with Gasteiger partial charge in [0.1, 0.15) is 18.2 Å². The Kier molecular flexibility index (Phi) is 13.1. The maximum Gasteiger partial charge on any atom is 0.264 e. The van der Waals surface area contributed by atoms with Crippen molar-refractivity contribution in [3.63, 3.8) is 0 Å². The van der Waals surface area contributed by atoms with Gasteiger partial charge in [-0.2, -0.15) is 8.42 Å². The van der Waals surface area contributed by atoms with Crippen molar-refractivity contribution < 1.29 is 41.0 Å². The Morgan fingerprint density at radius 3 is 1.88 bits per heavy atom. The van der Waals surface area contributed by atoms with Crippen molar-refractivity contribution in [1.82, 2.24) is 0 Å². The maximum absolute atomic E-state index is 13.1. The summed E-state index contributed by atoms with van der Waals surface area (Å²) >= 11 is 3.08. The Morgan fingerprint density at radius 2 is 1.42 bits per heavy atom. The van der Waals surface area contributed by atoms with Crippen LogP contribution in [-0.4, -0.2) is 77.7 Å². The van der Waals surface area contributed by atoms with Gasteiger partial charge in [0.15, 0.2) is 0 Å². The van der Waals surface area contributed by atoms with Gasteiger partial charge in [-0.1, -0.05) is 0 Å².